The number of esters is 1. The van der Waals surface area contributed by atoms with Crippen LogP contribution in [0.1, 0.15) is 17.5 Å². The van der Waals surface area contributed by atoms with Gasteiger partial charge in [0.05, 0.1) is 61.8 Å². The standard InChI is InChI=1S/C27H32ClFN4O5/c1-36-17-23(30-15-18-5-3-4-6-19(18)16-32-9-11-38-12-10-32)26-22(14-25(34)37-2)31-33(27(26)35)24-8-7-20(29)13-21(24)28/h3-8,13,21,24,30H,9-12,14-17H2,1-2H3/b26-23-. The number of rotatable bonds is 10. The number of hydrogen-bond donors (Lipinski definition) is 1. The van der Waals surface area contributed by atoms with Crippen LogP contribution in [0, 0.1) is 0 Å². The van der Waals surface area contributed by atoms with Gasteiger partial charge < -0.3 is 19.5 Å². The van der Waals surface area contributed by atoms with Crippen LogP contribution in [0.5, 0.6) is 0 Å². The predicted octanol–water partition coefficient (Wildman–Crippen LogP) is 2.67. The molecule has 1 amide bonds. The fourth-order valence-corrected chi connectivity index (χ4v) is 4.87. The maximum absolute atomic E-state index is 13.7. The van der Waals surface area contributed by atoms with Gasteiger partial charge in [0.15, 0.2) is 0 Å². The van der Waals surface area contributed by atoms with E-state index in [4.69, 9.17) is 25.8 Å². The van der Waals surface area contributed by atoms with Gasteiger partial charge >= 0.3 is 5.97 Å². The molecular formula is C27H32ClFN4O5. The highest BCUT2D eigenvalue weighted by molar-refractivity contribution is 6.29. The molecule has 0 saturated carbocycles. The third-order valence-electron chi connectivity index (χ3n) is 6.56. The van der Waals surface area contributed by atoms with Crippen LogP contribution in [-0.4, -0.2) is 86.0 Å². The molecule has 1 aromatic rings. The fraction of sp³-hybridized carbons (Fsp3) is 0.444. The van der Waals surface area contributed by atoms with Crippen LogP contribution in [-0.2, 0) is 36.9 Å². The Morgan fingerprint density at radius 3 is 2.66 bits per heavy atom. The molecule has 1 saturated heterocycles. The van der Waals surface area contributed by atoms with E-state index in [9.17, 15) is 14.0 Å². The minimum Gasteiger partial charge on any atom is -0.469 e. The van der Waals surface area contributed by atoms with Gasteiger partial charge in [-0.15, -0.1) is 11.6 Å². The van der Waals surface area contributed by atoms with Crippen LogP contribution in [0.4, 0.5) is 4.39 Å². The topological polar surface area (TPSA) is 92.7 Å². The van der Waals surface area contributed by atoms with Crippen LogP contribution in [0.2, 0.25) is 0 Å². The lowest BCUT2D eigenvalue weighted by molar-refractivity contribution is -0.139. The van der Waals surface area contributed by atoms with Gasteiger partial charge in [0.1, 0.15) is 5.83 Å². The highest BCUT2D eigenvalue weighted by Crippen LogP contribution is 2.29. The Balaban J connectivity index is 1.61. The molecule has 2 unspecified atom stereocenters. The SMILES string of the molecule is COC/C(NCc1ccccc1CN1CCOCC1)=C1/C(=O)N(C2C=CC(F)=CC2Cl)N=C1CC(=O)OC. The zero-order valence-corrected chi connectivity index (χ0v) is 22.2. The molecule has 3 aliphatic rings. The van der Waals surface area contributed by atoms with Gasteiger partial charge in [0.2, 0.25) is 0 Å². The Hall–Kier alpha value is -3.05. The molecule has 38 heavy (non-hydrogen) atoms. The first-order valence-electron chi connectivity index (χ1n) is 12.4. The molecule has 1 aliphatic carbocycles. The zero-order valence-electron chi connectivity index (χ0n) is 21.5. The summed E-state index contributed by atoms with van der Waals surface area (Å²) < 4.78 is 29.4. The molecule has 1 N–H and O–H groups in total. The summed E-state index contributed by atoms with van der Waals surface area (Å²) in [5.74, 6) is -1.49. The first-order valence-corrected chi connectivity index (χ1v) is 12.9. The van der Waals surface area contributed by atoms with Crippen molar-refractivity contribution >= 4 is 29.2 Å². The number of hydrazone groups is 1. The van der Waals surface area contributed by atoms with Crippen LogP contribution < -0.4 is 5.32 Å². The molecule has 2 aliphatic heterocycles. The Kier molecular flexibility index (Phi) is 9.68. The first-order chi connectivity index (χ1) is 18.4. The van der Waals surface area contributed by atoms with Crippen LogP contribution in [0.3, 0.4) is 0 Å². The van der Waals surface area contributed by atoms with Crippen molar-refractivity contribution in [3.8, 4) is 0 Å². The molecular weight excluding hydrogens is 515 g/mol. The minimum absolute atomic E-state index is 0.0834. The number of hydrogen-bond acceptors (Lipinski definition) is 8. The number of halogens is 2. The van der Waals surface area contributed by atoms with Gasteiger partial charge in [0, 0.05) is 33.3 Å². The largest absolute Gasteiger partial charge is 0.469 e. The van der Waals surface area contributed by atoms with E-state index in [0.29, 0.717) is 25.5 Å². The number of ether oxygens (including phenoxy) is 3. The first kappa shape index (κ1) is 28.0. The maximum atomic E-state index is 13.7. The van der Waals surface area contributed by atoms with Gasteiger partial charge in [-0.25, -0.2) is 9.40 Å². The van der Waals surface area contributed by atoms with Crippen molar-refractivity contribution in [1.82, 2.24) is 15.2 Å². The highest BCUT2D eigenvalue weighted by Gasteiger charge is 2.40. The number of alkyl halides is 1. The van der Waals surface area contributed by atoms with E-state index in [1.165, 1.54) is 37.5 Å². The number of allylic oxidation sites excluding steroid dienone is 2. The van der Waals surface area contributed by atoms with E-state index < -0.39 is 29.1 Å². The highest BCUT2D eigenvalue weighted by atomic mass is 35.5. The second-order valence-electron chi connectivity index (χ2n) is 9.09. The molecule has 1 aromatic carbocycles. The summed E-state index contributed by atoms with van der Waals surface area (Å²) >= 11 is 6.34. The summed E-state index contributed by atoms with van der Waals surface area (Å²) in [6, 6.07) is 7.39. The third-order valence-corrected chi connectivity index (χ3v) is 6.94. The number of benzene rings is 1. The molecule has 1 fully saturated rings. The van der Waals surface area contributed by atoms with E-state index in [1.807, 2.05) is 18.2 Å². The van der Waals surface area contributed by atoms with Crippen molar-refractivity contribution in [1.29, 1.82) is 0 Å². The molecule has 2 heterocycles. The van der Waals surface area contributed by atoms with E-state index in [2.05, 4.69) is 21.4 Å². The Bertz CT molecular complexity index is 1160. The second-order valence-corrected chi connectivity index (χ2v) is 9.60. The fourth-order valence-electron chi connectivity index (χ4n) is 4.56. The molecule has 11 heteroatoms. The van der Waals surface area contributed by atoms with Gasteiger partial charge in [-0.2, -0.15) is 5.10 Å². The zero-order chi connectivity index (χ0) is 27.1. The van der Waals surface area contributed by atoms with Crippen molar-refractivity contribution in [3.05, 3.63) is 70.7 Å². The van der Waals surface area contributed by atoms with E-state index in [1.54, 1.807) is 0 Å². The lowest BCUT2D eigenvalue weighted by atomic mass is 10.0. The van der Waals surface area contributed by atoms with Crippen LogP contribution in [0.15, 0.2) is 64.7 Å². The van der Waals surface area contributed by atoms with Crippen LogP contribution in [0.25, 0.3) is 0 Å². The summed E-state index contributed by atoms with van der Waals surface area (Å²) in [7, 11) is 2.79. The lowest BCUT2D eigenvalue weighted by Gasteiger charge is -2.27. The van der Waals surface area contributed by atoms with Crippen molar-refractivity contribution in [2.45, 2.75) is 30.9 Å². The molecule has 204 valence electrons. The van der Waals surface area contributed by atoms with E-state index in [-0.39, 0.29) is 24.3 Å². The predicted molar refractivity (Wildman–Crippen MR) is 141 cm³/mol. The van der Waals surface area contributed by atoms with E-state index >= 15 is 0 Å². The lowest BCUT2D eigenvalue weighted by Crippen LogP contribution is -2.39. The van der Waals surface area contributed by atoms with Gasteiger partial charge in [-0.3, -0.25) is 14.5 Å². The molecule has 4 rings (SSSR count). The molecule has 2 atom stereocenters. The summed E-state index contributed by atoms with van der Waals surface area (Å²) in [6.45, 7) is 4.47. The van der Waals surface area contributed by atoms with Crippen molar-refractivity contribution < 1.29 is 28.2 Å². The Morgan fingerprint density at radius 2 is 1.97 bits per heavy atom. The molecule has 0 radical (unpaired) electrons. The molecule has 0 bridgehead atoms. The van der Waals surface area contributed by atoms with Crippen LogP contribution >= 0.6 is 11.6 Å². The number of nitrogens with zero attached hydrogens (tertiary/aromatic N) is 3. The number of morpholine rings is 1. The summed E-state index contributed by atoms with van der Waals surface area (Å²) in [4.78, 5) is 28.2. The van der Waals surface area contributed by atoms with Crippen molar-refractivity contribution in [2.24, 2.45) is 5.10 Å². The smallest absolute Gasteiger partial charge is 0.311 e. The Morgan fingerprint density at radius 1 is 1.24 bits per heavy atom. The molecule has 0 aromatic heterocycles. The van der Waals surface area contributed by atoms with Gasteiger partial charge in [-0.1, -0.05) is 30.3 Å². The quantitative estimate of drug-likeness (QED) is 0.274. The molecule has 9 nitrogen and oxygen atoms in total. The van der Waals surface area contributed by atoms with E-state index in [0.717, 1.165) is 30.8 Å². The third kappa shape index (κ3) is 6.68. The van der Waals surface area contributed by atoms with Gasteiger partial charge in [-0.05, 0) is 23.3 Å². The van der Waals surface area contributed by atoms with Crippen molar-refractivity contribution in [2.75, 3.05) is 47.1 Å². The number of carbonyl (C=O) groups excluding carboxylic acids is 2. The maximum Gasteiger partial charge on any atom is 0.311 e. The number of carbonyl (C=O) groups is 2. The summed E-state index contributed by atoms with van der Waals surface area (Å²) in [6.07, 6.45) is 3.73. The monoisotopic (exact) mass is 546 g/mol. The number of nitrogens with one attached hydrogen (secondary N) is 1. The summed E-state index contributed by atoms with van der Waals surface area (Å²) in [5, 5.41) is 8.16. The average Bonchev–Trinajstić information content (AvgIpc) is 3.22. The average molecular weight is 547 g/mol. The normalized spacial score (nSPS) is 23.3. The van der Waals surface area contributed by atoms with Gasteiger partial charge in [0.25, 0.3) is 5.91 Å². The minimum atomic E-state index is -0.822. The summed E-state index contributed by atoms with van der Waals surface area (Å²) in [5.41, 5.74) is 3.16. The Labute approximate surface area is 226 Å². The number of methoxy groups -OCH3 is 2. The van der Waals surface area contributed by atoms with Crippen molar-refractivity contribution in [3.63, 3.8) is 0 Å². The number of amides is 1. The molecule has 0 spiro atoms. The second kappa shape index (κ2) is 13.1.